The smallest absolute Gasteiger partial charge is 0.311 e. The van der Waals surface area contributed by atoms with Gasteiger partial charge in [-0.1, -0.05) is 13.5 Å². The maximum atomic E-state index is 11.8. The molecular weight excluding hydrogens is 208 g/mol. The molecule has 16 heavy (non-hydrogen) atoms. The fraction of sp³-hybridized carbons (Fsp3) is 0.750. The Labute approximate surface area is 96.6 Å². The van der Waals surface area contributed by atoms with E-state index in [-0.39, 0.29) is 11.9 Å². The van der Waals surface area contributed by atoms with E-state index >= 15 is 0 Å². The number of rotatable bonds is 2. The van der Waals surface area contributed by atoms with Crippen LogP contribution in [0.3, 0.4) is 0 Å². The van der Waals surface area contributed by atoms with Crippen LogP contribution in [0.4, 0.5) is 0 Å². The molecule has 0 aromatic heterocycles. The highest BCUT2D eigenvalue weighted by Crippen LogP contribution is 2.33. The summed E-state index contributed by atoms with van der Waals surface area (Å²) < 4.78 is 15.9. The summed E-state index contributed by atoms with van der Waals surface area (Å²) in [4.78, 5) is 11.8. The molecule has 0 spiro atoms. The predicted molar refractivity (Wildman–Crippen MR) is 59.5 cm³/mol. The molecule has 1 saturated heterocycles. The van der Waals surface area contributed by atoms with E-state index in [1.807, 2.05) is 27.7 Å². The molecule has 1 heterocycles. The summed E-state index contributed by atoms with van der Waals surface area (Å²) in [5, 5.41) is 0. The Morgan fingerprint density at radius 2 is 2.00 bits per heavy atom. The molecule has 3 atom stereocenters. The first kappa shape index (κ1) is 13.0. The second-order valence-corrected chi connectivity index (χ2v) is 5.10. The fourth-order valence-electron chi connectivity index (χ4n) is 1.38. The molecule has 92 valence electrons. The Morgan fingerprint density at radius 3 is 2.44 bits per heavy atom. The van der Waals surface area contributed by atoms with Crippen molar-refractivity contribution in [2.24, 2.45) is 11.3 Å². The third-order valence-corrected chi connectivity index (χ3v) is 2.62. The van der Waals surface area contributed by atoms with Crippen LogP contribution < -0.4 is 0 Å². The monoisotopic (exact) mass is 228 g/mol. The first-order valence-electron chi connectivity index (χ1n) is 5.36. The summed E-state index contributed by atoms with van der Waals surface area (Å²) in [7, 11) is 1.52. The maximum absolute atomic E-state index is 11.8. The molecule has 0 radical (unpaired) electrons. The van der Waals surface area contributed by atoms with Crippen LogP contribution in [0.2, 0.25) is 0 Å². The molecule has 0 aromatic rings. The van der Waals surface area contributed by atoms with E-state index in [0.29, 0.717) is 5.76 Å². The summed E-state index contributed by atoms with van der Waals surface area (Å²) >= 11 is 0. The zero-order valence-corrected chi connectivity index (χ0v) is 10.6. The van der Waals surface area contributed by atoms with E-state index in [4.69, 9.17) is 14.2 Å². The lowest BCUT2D eigenvalue weighted by Crippen LogP contribution is -2.36. The first-order valence-corrected chi connectivity index (χ1v) is 5.36. The number of carbonyl (C=O) groups is 1. The second-order valence-electron chi connectivity index (χ2n) is 5.10. The van der Waals surface area contributed by atoms with Gasteiger partial charge in [0.05, 0.1) is 17.1 Å². The molecule has 1 fully saturated rings. The molecule has 1 aliphatic rings. The van der Waals surface area contributed by atoms with Gasteiger partial charge in [0.2, 0.25) is 6.29 Å². The number of hydrogen-bond acceptors (Lipinski definition) is 4. The standard InChI is InChI=1S/C12H20O4/c1-7-8(2)15-10(14-6)9(7)16-11(13)12(3,4)5/h7,9-10H,2H2,1,3-6H3/t7-,9-,10-/m1/s1. The zero-order valence-electron chi connectivity index (χ0n) is 10.6. The maximum Gasteiger partial charge on any atom is 0.311 e. The highest BCUT2D eigenvalue weighted by molar-refractivity contribution is 5.75. The Hall–Kier alpha value is -1.03. The van der Waals surface area contributed by atoms with Crippen molar-refractivity contribution < 1.29 is 19.0 Å². The minimum atomic E-state index is -0.547. The molecule has 4 nitrogen and oxygen atoms in total. The second kappa shape index (κ2) is 4.45. The van der Waals surface area contributed by atoms with Gasteiger partial charge in [0.1, 0.15) is 0 Å². The lowest BCUT2D eigenvalue weighted by molar-refractivity contribution is -0.180. The van der Waals surface area contributed by atoms with Gasteiger partial charge in [-0.2, -0.15) is 0 Å². The molecule has 0 saturated carbocycles. The molecule has 0 amide bonds. The Bertz CT molecular complexity index is 290. The van der Waals surface area contributed by atoms with Gasteiger partial charge in [0, 0.05) is 7.11 Å². The van der Waals surface area contributed by atoms with E-state index in [1.165, 1.54) is 7.11 Å². The third-order valence-electron chi connectivity index (χ3n) is 2.62. The Kier molecular flexibility index (Phi) is 3.63. The van der Waals surface area contributed by atoms with Gasteiger partial charge in [-0.25, -0.2) is 0 Å². The number of esters is 1. The van der Waals surface area contributed by atoms with Gasteiger partial charge >= 0.3 is 5.97 Å². The van der Waals surface area contributed by atoms with Crippen LogP contribution >= 0.6 is 0 Å². The van der Waals surface area contributed by atoms with Crippen molar-refractivity contribution in [3.63, 3.8) is 0 Å². The Morgan fingerprint density at radius 1 is 1.44 bits per heavy atom. The van der Waals surface area contributed by atoms with Crippen molar-refractivity contribution in [2.45, 2.75) is 40.1 Å². The SMILES string of the molecule is C=C1O[C@@H](OC)[C@H](OC(=O)C(C)(C)C)[C@@H]1C. The molecule has 1 rings (SSSR count). The van der Waals surface area contributed by atoms with Gasteiger partial charge in [0.15, 0.2) is 6.10 Å². The average molecular weight is 228 g/mol. The van der Waals surface area contributed by atoms with Crippen molar-refractivity contribution in [2.75, 3.05) is 7.11 Å². The molecule has 1 aliphatic heterocycles. The van der Waals surface area contributed by atoms with Crippen LogP contribution in [0.5, 0.6) is 0 Å². The molecule has 0 bridgehead atoms. The molecule has 0 aromatic carbocycles. The summed E-state index contributed by atoms with van der Waals surface area (Å²) in [6.45, 7) is 11.1. The molecule has 0 N–H and O–H groups in total. The highest BCUT2D eigenvalue weighted by atomic mass is 16.7. The van der Waals surface area contributed by atoms with E-state index in [0.717, 1.165) is 0 Å². The fourth-order valence-corrected chi connectivity index (χ4v) is 1.38. The van der Waals surface area contributed by atoms with E-state index in [9.17, 15) is 4.79 Å². The highest BCUT2D eigenvalue weighted by Gasteiger charge is 2.42. The third kappa shape index (κ3) is 2.55. The van der Waals surface area contributed by atoms with Gasteiger partial charge in [-0.05, 0) is 20.8 Å². The van der Waals surface area contributed by atoms with Crippen molar-refractivity contribution >= 4 is 5.97 Å². The number of hydrogen-bond donors (Lipinski definition) is 0. The average Bonchev–Trinajstić information content (AvgIpc) is 2.44. The summed E-state index contributed by atoms with van der Waals surface area (Å²) in [5.41, 5.74) is -0.526. The normalized spacial score (nSPS) is 30.1. The summed E-state index contributed by atoms with van der Waals surface area (Å²) in [5.74, 6) is 0.291. The number of ether oxygens (including phenoxy) is 3. The van der Waals surface area contributed by atoms with Crippen molar-refractivity contribution in [1.82, 2.24) is 0 Å². The summed E-state index contributed by atoms with van der Waals surface area (Å²) in [6.07, 6.45) is -0.960. The van der Waals surface area contributed by atoms with Crippen molar-refractivity contribution in [1.29, 1.82) is 0 Å². The summed E-state index contributed by atoms with van der Waals surface area (Å²) in [6, 6.07) is 0. The largest absolute Gasteiger partial charge is 0.465 e. The van der Waals surface area contributed by atoms with E-state index in [1.54, 1.807) is 0 Å². The van der Waals surface area contributed by atoms with Gasteiger partial charge in [-0.3, -0.25) is 4.79 Å². The topological polar surface area (TPSA) is 44.8 Å². The van der Waals surface area contributed by atoms with Gasteiger partial charge in [-0.15, -0.1) is 0 Å². The lowest BCUT2D eigenvalue weighted by Gasteiger charge is -2.24. The first-order chi connectivity index (χ1) is 7.27. The van der Waals surface area contributed by atoms with Crippen LogP contribution in [0.25, 0.3) is 0 Å². The molecule has 0 aliphatic carbocycles. The predicted octanol–water partition coefficient (Wildman–Crippen LogP) is 2.10. The molecular formula is C12H20O4. The van der Waals surface area contributed by atoms with Crippen molar-refractivity contribution in [3.8, 4) is 0 Å². The van der Waals surface area contributed by atoms with Crippen LogP contribution in [0.1, 0.15) is 27.7 Å². The quantitative estimate of drug-likeness (QED) is 0.679. The minimum Gasteiger partial charge on any atom is -0.465 e. The molecule has 0 unspecified atom stereocenters. The van der Waals surface area contributed by atoms with Crippen LogP contribution in [0, 0.1) is 11.3 Å². The van der Waals surface area contributed by atoms with Gasteiger partial charge < -0.3 is 14.2 Å². The minimum absolute atomic E-state index is 0.0451. The van der Waals surface area contributed by atoms with Crippen molar-refractivity contribution in [3.05, 3.63) is 12.3 Å². The van der Waals surface area contributed by atoms with Crippen LogP contribution in [0.15, 0.2) is 12.3 Å². The molecule has 4 heteroatoms. The number of methoxy groups -OCH3 is 1. The van der Waals surface area contributed by atoms with Crippen LogP contribution in [-0.2, 0) is 19.0 Å². The van der Waals surface area contributed by atoms with E-state index in [2.05, 4.69) is 6.58 Å². The van der Waals surface area contributed by atoms with Gasteiger partial charge in [0.25, 0.3) is 0 Å². The zero-order chi connectivity index (χ0) is 12.5. The van der Waals surface area contributed by atoms with E-state index < -0.39 is 17.8 Å². The number of carbonyl (C=O) groups excluding carboxylic acids is 1. The lowest BCUT2D eigenvalue weighted by atomic mass is 9.97. The Balaban J connectivity index is 2.72. The van der Waals surface area contributed by atoms with Crippen LogP contribution in [-0.4, -0.2) is 25.5 Å².